The third kappa shape index (κ3) is 3.70. The van der Waals surface area contributed by atoms with Crippen LogP contribution in [0.5, 0.6) is 0 Å². The van der Waals surface area contributed by atoms with Gasteiger partial charge in [0, 0.05) is 12.2 Å². The van der Waals surface area contributed by atoms with Crippen LogP contribution in [0.1, 0.15) is 26.7 Å². The second kappa shape index (κ2) is 6.55. The average molecular weight is 299 g/mol. The molecule has 1 aromatic carbocycles. The predicted molar refractivity (Wildman–Crippen MR) is 79.5 cm³/mol. The minimum Gasteiger partial charge on any atom is -0.325 e. The Bertz CT molecular complexity index is 495. The molecule has 5 heteroatoms. The first kappa shape index (κ1) is 15.3. The van der Waals surface area contributed by atoms with Crippen molar-refractivity contribution in [2.45, 2.75) is 32.7 Å². The first-order valence-corrected chi connectivity index (χ1v) is 7.35. The molecule has 2 atom stereocenters. The lowest BCUT2D eigenvalue weighted by Gasteiger charge is -2.34. The second-order valence-electron chi connectivity index (χ2n) is 5.54. The summed E-state index contributed by atoms with van der Waals surface area (Å²) in [7, 11) is 0. The summed E-state index contributed by atoms with van der Waals surface area (Å²) in [6, 6.07) is 4.01. The van der Waals surface area contributed by atoms with Crippen molar-refractivity contribution in [1.29, 1.82) is 0 Å². The molecule has 0 saturated carbocycles. The van der Waals surface area contributed by atoms with E-state index in [0.29, 0.717) is 11.6 Å². The highest BCUT2D eigenvalue weighted by atomic mass is 35.5. The van der Waals surface area contributed by atoms with Crippen LogP contribution in [0.25, 0.3) is 0 Å². The van der Waals surface area contributed by atoms with Gasteiger partial charge in [0.15, 0.2) is 0 Å². The summed E-state index contributed by atoms with van der Waals surface area (Å²) in [5.74, 6) is 0.0589. The lowest BCUT2D eigenvalue weighted by Crippen LogP contribution is -2.46. The number of piperidine rings is 1. The highest BCUT2D eigenvalue weighted by molar-refractivity contribution is 6.31. The van der Waals surface area contributed by atoms with Crippen molar-refractivity contribution >= 4 is 23.2 Å². The van der Waals surface area contributed by atoms with Gasteiger partial charge in [-0.25, -0.2) is 4.39 Å². The Morgan fingerprint density at radius 2 is 2.30 bits per heavy atom. The first-order chi connectivity index (χ1) is 9.47. The first-order valence-electron chi connectivity index (χ1n) is 6.97. The summed E-state index contributed by atoms with van der Waals surface area (Å²) in [6.45, 7) is 6.00. The van der Waals surface area contributed by atoms with Crippen LogP contribution in [-0.4, -0.2) is 29.9 Å². The minimum atomic E-state index is -0.484. The highest BCUT2D eigenvalue weighted by Gasteiger charge is 2.25. The molecule has 0 spiro atoms. The third-order valence-electron chi connectivity index (χ3n) is 3.80. The lowest BCUT2D eigenvalue weighted by molar-refractivity contribution is -0.121. The van der Waals surface area contributed by atoms with Crippen LogP contribution in [0.15, 0.2) is 18.2 Å². The zero-order chi connectivity index (χ0) is 14.7. The Morgan fingerprint density at radius 3 is 2.95 bits per heavy atom. The van der Waals surface area contributed by atoms with E-state index in [4.69, 9.17) is 11.6 Å². The number of rotatable bonds is 3. The van der Waals surface area contributed by atoms with Crippen molar-refractivity contribution < 1.29 is 9.18 Å². The van der Waals surface area contributed by atoms with Crippen LogP contribution >= 0.6 is 11.6 Å². The van der Waals surface area contributed by atoms with Gasteiger partial charge in [0.1, 0.15) is 5.82 Å². The van der Waals surface area contributed by atoms with Crippen LogP contribution in [0.3, 0.4) is 0 Å². The summed E-state index contributed by atoms with van der Waals surface area (Å²) >= 11 is 5.71. The van der Waals surface area contributed by atoms with Gasteiger partial charge in [0.05, 0.1) is 11.1 Å². The van der Waals surface area contributed by atoms with Gasteiger partial charge >= 0.3 is 0 Å². The zero-order valence-electron chi connectivity index (χ0n) is 11.8. The monoisotopic (exact) mass is 298 g/mol. The molecule has 0 aliphatic carbocycles. The van der Waals surface area contributed by atoms with Gasteiger partial charge in [-0.15, -0.1) is 0 Å². The number of carbonyl (C=O) groups is 1. The van der Waals surface area contributed by atoms with Gasteiger partial charge in [-0.3, -0.25) is 9.69 Å². The van der Waals surface area contributed by atoms with E-state index in [2.05, 4.69) is 17.1 Å². The van der Waals surface area contributed by atoms with Crippen molar-refractivity contribution in [2.24, 2.45) is 5.92 Å². The summed E-state index contributed by atoms with van der Waals surface area (Å²) in [4.78, 5) is 14.4. The molecular formula is C15H20ClFN2O. The number of hydrogen-bond donors (Lipinski definition) is 1. The summed E-state index contributed by atoms with van der Waals surface area (Å²) in [5.41, 5.74) is 0.526. The summed E-state index contributed by atoms with van der Waals surface area (Å²) in [5, 5.41) is 2.81. The Hall–Kier alpha value is -1.13. The number of hydrogen-bond acceptors (Lipinski definition) is 2. The molecule has 1 amide bonds. The molecule has 0 bridgehead atoms. The number of nitrogens with one attached hydrogen (secondary N) is 1. The number of likely N-dealkylation sites (tertiary alicyclic amines) is 1. The van der Waals surface area contributed by atoms with E-state index in [1.165, 1.54) is 24.6 Å². The standard InChI is InChI=1S/C15H20ClFN2O/c1-10-4-3-7-19(9-10)11(2)15(20)18-12-5-6-14(17)13(16)8-12/h5-6,8,10-11H,3-4,7,9H2,1-2H3,(H,18,20)/t10-,11-/m0/s1. The van der Waals surface area contributed by atoms with Crippen LogP contribution in [0, 0.1) is 11.7 Å². The molecule has 110 valence electrons. The average Bonchev–Trinajstić information content (AvgIpc) is 2.42. The van der Waals surface area contributed by atoms with Gasteiger partial charge in [0.2, 0.25) is 5.91 Å². The molecule has 0 unspecified atom stereocenters. The van der Waals surface area contributed by atoms with E-state index >= 15 is 0 Å². The van der Waals surface area contributed by atoms with Crippen molar-refractivity contribution in [3.05, 3.63) is 29.0 Å². The van der Waals surface area contributed by atoms with Crippen molar-refractivity contribution in [1.82, 2.24) is 4.90 Å². The predicted octanol–water partition coefficient (Wildman–Crippen LogP) is 3.54. The van der Waals surface area contributed by atoms with Crippen molar-refractivity contribution in [2.75, 3.05) is 18.4 Å². The third-order valence-corrected chi connectivity index (χ3v) is 4.09. The largest absolute Gasteiger partial charge is 0.325 e. The van der Waals surface area contributed by atoms with Crippen molar-refractivity contribution in [3.8, 4) is 0 Å². The Balaban J connectivity index is 1.98. The molecule has 1 saturated heterocycles. The molecule has 1 aliphatic rings. The number of amides is 1. The number of anilines is 1. The Morgan fingerprint density at radius 1 is 1.55 bits per heavy atom. The zero-order valence-corrected chi connectivity index (χ0v) is 12.6. The molecule has 1 heterocycles. The maximum atomic E-state index is 13.1. The fourth-order valence-corrected chi connectivity index (χ4v) is 2.74. The van der Waals surface area contributed by atoms with E-state index in [9.17, 15) is 9.18 Å². The van der Waals surface area contributed by atoms with E-state index in [0.717, 1.165) is 19.5 Å². The van der Waals surface area contributed by atoms with E-state index < -0.39 is 5.82 Å². The van der Waals surface area contributed by atoms with Crippen LogP contribution < -0.4 is 5.32 Å². The topological polar surface area (TPSA) is 32.3 Å². The van der Waals surface area contributed by atoms with Crippen molar-refractivity contribution in [3.63, 3.8) is 0 Å². The van der Waals surface area contributed by atoms with E-state index in [1.54, 1.807) is 0 Å². The molecule has 0 radical (unpaired) electrons. The Kier molecular flexibility index (Phi) is 5.00. The van der Waals surface area contributed by atoms with E-state index in [-0.39, 0.29) is 17.0 Å². The van der Waals surface area contributed by atoms with Crippen LogP contribution in [0.2, 0.25) is 5.02 Å². The fraction of sp³-hybridized carbons (Fsp3) is 0.533. The molecule has 1 aliphatic heterocycles. The smallest absolute Gasteiger partial charge is 0.241 e. The lowest BCUT2D eigenvalue weighted by atomic mass is 9.99. The molecule has 0 aromatic heterocycles. The normalized spacial score (nSPS) is 21.5. The molecule has 2 rings (SSSR count). The summed E-state index contributed by atoms with van der Waals surface area (Å²) in [6.07, 6.45) is 2.35. The van der Waals surface area contributed by atoms with Gasteiger partial charge in [-0.1, -0.05) is 18.5 Å². The molecule has 1 aromatic rings. The van der Waals surface area contributed by atoms with E-state index in [1.807, 2.05) is 6.92 Å². The van der Waals surface area contributed by atoms with Crippen LogP contribution in [-0.2, 0) is 4.79 Å². The summed E-state index contributed by atoms with van der Waals surface area (Å²) < 4.78 is 13.1. The number of benzene rings is 1. The molecule has 1 N–H and O–H groups in total. The molecule has 3 nitrogen and oxygen atoms in total. The SMILES string of the molecule is C[C@H]1CCCN([C@@H](C)C(=O)Nc2ccc(F)c(Cl)c2)C1. The molecular weight excluding hydrogens is 279 g/mol. The Labute approximate surface area is 124 Å². The molecule has 1 fully saturated rings. The molecule has 20 heavy (non-hydrogen) atoms. The second-order valence-corrected chi connectivity index (χ2v) is 5.94. The quantitative estimate of drug-likeness (QED) is 0.926. The number of halogens is 2. The van der Waals surface area contributed by atoms with Gasteiger partial charge in [-0.05, 0) is 50.4 Å². The fourth-order valence-electron chi connectivity index (χ4n) is 2.56. The highest BCUT2D eigenvalue weighted by Crippen LogP contribution is 2.21. The minimum absolute atomic E-state index is 0.0158. The maximum absolute atomic E-state index is 13.1. The van der Waals surface area contributed by atoms with Gasteiger partial charge in [0.25, 0.3) is 0 Å². The van der Waals surface area contributed by atoms with Gasteiger partial charge in [-0.2, -0.15) is 0 Å². The maximum Gasteiger partial charge on any atom is 0.241 e. The van der Waals surface area contributed by atoms with Gasteiger partial charge < -0.3 is 5.32 Å². The van der Waals surface area contributed by atoms with Crippen LogP contribution in [0.4, 0.5) is 10.1 Å². The number of nitrogens with zero attached hydrogens (tertiary/aromatic N) is 1. The number of carbonyl (C=O) groups excluding carboxylic acids is 1.